The van der Waals surface area contributed by atoms with Crippen LogP contribution in [0.3, 0.4) is 0 Å². The van der Waals surface area contributed by atoms with E-state index in [1.54, 1.807) is 6.92 Å². The molecular weight excluding hydrogens is 197 g/mol. The molecule has 0 bridgehead atoms. The summed E-state index contributed by atoms with van der Waals surface area (Å²) in [5, 5.41) is 2.21. The third kappa shape index (κ3) is 5.00. The molecule has 0 fully saturated rings. The Hall–Kier alpha value is -0.420. The molecule has 0 aromatic rings. The van der Waals surface area contributed by atoms with Crippen molar-refractivity contribution in [3.05, 3.63) is 0 Å². The predicted molar refractivity (Wildman–Crippen MR) is 46.0 cm³/mol. The van der Waals surface area contributed by atoms with Gasteiger partial charge in [0.25, 0.3) is 0 Å². The molecule has 13 heavy (non-hydrogen) atoms. The van der Waals surface area contributed by atoms with E-state index in [1.807, 2.05) is 0 Å². The van der Waals surface area contributed by atoms with E-state index in [1.165, 1.54) is 7.11 Å². The van der Waals surface area contributed by atoms with Gasteiger partial charge in [-0.25, -0.2) is 9.65 Å². The van der Waals surface area contributed by atoms with E-state index in [4.69, 9.17) is 4.89 Å². The SMILES string of the molecule is COC(=O)[C@H](C)CNP(=O)(O)OC. The summed E-state index contributed by atoms with van der Waals surface area (Å²) >= 11 is 0. The molecule has 1 unspecified atom stereocenters. The monoisotopic (exact) mass is 211 g/mol. The third-order valence-corrected chi connectivity index (χ3v) is 2.53. The van der Waals surface area contributed by atoms with E-state index in [9.17, 15) is 9.36 Å². The van der Waals surface area contributed by atoms with Gasteiger partial charge in [0.1, 0.15) is 0 Å². The van der Waals surface area contributed by atoms with Gasteiger partial charge in [0.15, 0.2) is 0 Å². The van der Waals surface area contributed by atoms with Gasteiger partial charge >= 0.3 is 13.7 Å². The summed E-state index contributed by atoms with van der Waals surface area (Å²) in [7, 11) is -1.37. The van der Waals surface area contributed by atoms with Crippen LogP contribution in [0.5, 0.6) is 0 Å². The highest BCUT2D eigenvalue weighted by molar-refractivity contribution is 7.50. The molecule has 0 rings (SSSR count). The molecule has 2 atom stereocenters. The molecule has 0 saturated carbocycles. The number of carbonyl (C=O) groups is 1. The molecule has 0 heterocycles. The highest BCUT2D eigenvalue weighted by Gasteiger charge is 2.20. The lowest BCUT2D eigenvalue weighted by Gasteiger charge is -2.13. The van der Waals surface area contributed by atoms with E-state index in [0.717, 1.165) is 7.11 Å². The minimum atomic E-state index is -3.74. The van der Waals surface area contributed by atoms with Crippen LogP contribution in [0.1, 0.15) is 6.92 Å². The highest BCUT2D eigenvalue weighted by atomic mass is 31.2. The number of hydrogen-bond acceptors (Lipinski definition) is 4. The molecular formula is C6H14NO5P. The van der Waals surface area contributed by atoms with Crippen molar-refractivity contribution >= 4 is 13.7 Å². The van der Waals surface area contributed by atoms with Gasteiger partial charge in [-0.15, -0.1) is 0 Å². The lowest BCUT2D eigenvalue weighted by molar-refractivity contribution is -0.144. The Morgan fingerprint density at radius 2 is 2.15 bits per heavy atom. The molecule has 0 radical (unpaired) electrons. The second kappa shape index (κ2) is 5.34. The Kier molecular flexibility index (Phi) is 5.17. The fourth-order valence-corrected chi connectivity index (χ4v) is 1.24. The first kappa shape index (κ1) is 12.6. The second-order valence-electron chi connectivity index (χ2n) is 2.49. The molecule has 78 valence electrons. The molecule has 0 aliphatic heterocycles. The Labute approximate surface area is 76.8 Å². The van der Waals surface area contributed by atoms with Crippen LogP contribution in [0.4, 0.5) is 0 Å². The lowest BCUT2D eigenvalue weighted by Crippen LogP contribution is -2.25. The number of esters is 1. The first-order chi connectivity index (χ1) is 5.93. The predicted octanol–water partition coefficient (Wildman–Crippen LogP) is 0.132. The van der Waals surface area contributed by atoms with Crippen LogP contribution in [0.15, 0.2) is 0 Å². The van der Waals surface area contributed by atoms with Crippen molar-refractivity contribution in [1.29, 1.82) is 0 Å². The van der Waals surface area contributed by atoms with Gasteiger partial charge in [-0.3, -0.25) is 4.79 Å². The fraction of sp³-hybridized carbons (Fsp3) is 0.833. The number of rotatable bonds is 5. The summed E-state index contributed by atoms with van der Waals surface area (Å²) in [6, 6.07) is 0. The van der Waals surface area contributed by atoms with E-state index >= 15 is 0 Å². The Balaban J connectivity index is 3.89. The highest BCUT2D eigenvalue weighted by Crippen LogP contribution is 2.34. The molecule has 0 aliphatic carbocycles. The smallest absolute Gasteiger partial charge is 0.402 e. The van der Waals surface area contributed by atoms with Crippen LogP contribution in [-0.2, 0) is 18.6 Å². The van der Waals surface area contributed by atoms with Gasteiger partial charge in [0, 0.05) is 13.7 Å². The van der Waals surface area contributed by atoms with Gasteiger partial charge in [0.2, 0.25) is 0 Å². The molecule has 0 aliphatic rings. The summed E-state index contributed by atoms with van der Waals surface area (Å²) in [5.74, 6) is -0.927. The van der Waals surface area contributed by atoms with Crippen LogP contribution in [-0.4, -0.2) is 31.6 Å². The first-order valence-electron chi connectivity index (χ1n) is 3.64. The van der Waals surface area contributed by atoms with Crippen LogP contribution in [0.2, 0.25) is 0 Å². The zero-order valence-corrected chi connectivity index (χ0v) is 8.71. The number of nitrogens with one attached hydrogen (secondary N) is 1. The van der Waals surface area contributed by atoms with E-state index < -0.39 is 19.6 Å². The molecule has 0 spiro atoms. The van der Waals surface area contributed by atoms with Gasteiger partial charge < -0.3 is 14.2 Å². The Bertz CT molecular complexity index is 219. The minimum absolute atomic E-state index is 0.0360. The van der Waals surface area contributed by atoms with Crippen LogP contribution in [0.25, 0.3) is 0 Å². The number of ether oxygens (including phenoxy) is 1. The van der Waals surface area contributed by atoms with E-state index in [-0.39, 0.29) is 6.54 Å². The summed E-state index contributed by atoms with van der Waals surface area (Å²) in [5.41, 5.74) is 0. The second-order valence-corrected chi connectivity index (χ2v) is 4.21. The molecule has 6 nitrogen and oxygen atoms in total. The Morgan fingerprint density at radius 1 is 1.62 bits per heavy atom. The third-order valence-electron chi connectivity index (χ3n) is 1.45. The minimum Gasteiger partial charge on any atom is -0.469 e. The van der Waals surface area contributed by atoms with Crippen molar-refractivity contribution in [3.63, 3.8) is 0 Å². The van der Waals surface area contributed by atoms with Crippen molar-refractivity contribution in [2.24, 2.45) is 5.92 Å². The molecule has 0 amide bonds. The van der Waals surface area contributed by atoms with Gasteiger partial charge in [-0.1, -0.05) is 6.92 Å². The van der Waals surface area contributed by atoms with Gasteiger partial charge in [-0.05, 0) is 0 Å². The summed E-state index contributed by atoms with van der Waals surface area (Å²) in [6.45, 7) is 1.61. The quantitative estimate of drug-likeness (QED) is 0.496. The summed E-state index contributed by atoms with van der Waals surface area (Å²) in [6.07, 6.45) is 0. The average Bonchev–Trinajstić information content (AvgIpc) is 2.13. The van der Waals surface area contributed by atoms with Crippen molar-refractivity contribution in [2.75, 3.05) is 20.8 Å². The zero-order chi connectivity index (χ0) is 10.5. The molecule has 2 N–H and O–H groups in total. The lowest BCUT2D eigenvalue weighted by atomic mass is 10.2. The van der Waals surface area contributed by atoms with Crippen molar-refractivity contribution in [1.82, 2.24) is 5.09 Å². The number of carbonyl (C=O) groups excluding carboxylic acids is 1. The largest absolute Gasteiger partial charge is 0.469 e. The van der Waals surface area contributed by atoms with Gasteiger partial charge in [-0.2, -0.15) is 0 Å². The van der Waals surface area contributed by atoms with Crippen molar-refractivity contribution in [3.8, 4) is 0 Å². The summed E-state index contributed by atoms with van der Waals surface area (Å²) < 4.78 is 19.5. The molecule has 0 aromatic heterocycles. The zero-order valence-electron chi connectivity index (χ0n) is 7.81. The van der Waals surface area contributed by atoms with Crippen LogP contribution < -0.4 is 5.09 Å². The van der Waals surface area contributed by atoms with Crippen LogP contribution >= 0.6 is 7.75 Å². The number of hydrogen-bond donors (Lipinski definition) is 2. The first-order valence-corrected chi connectivity index (χ1v) is 5.22. The topological polar surface area (TPSA) is 84.9 Å². The van der Waals surface area contributed by atoms with Crippen molar-refractivity contribution < 1.29 is 23.5 Å². The fourth-order valence-electron chi connectivity index (χ4n) is 0.601. The van der Waals surface area contributed by atoms with E-state index in [0.29, 0.717) is 0 Å². The van der Waals surface area contributed by atoms with Crippen LogP contribution in [0, 0.1) is 5.92 Å². The standard InChI is InChI=1S/C6H14NO5P/c1-5(6(8)11-2)4-7-13(9,10)12-3/h5H,4H2,1-3H3,(H2,7,9,10)/t5-/m1/s1. The number of methoxy groups -OCH3 is 1. The molecule has 7 heteroatoms. The normalized spacial score (nSPS) is 17.5. The maximum absolute atomic E-state index is 10.9. The Morgan fingerprint density at radius 3 is 2.54 bits per heavy atom. The average molecular weight is 211 g/mol. The van der Waals surface area contributed by atoms with Crippen molar-refractivity contribution in [2.45, 2.75) is 6.92 Å². The van der Waals surface area contributed by atoms with Gasteiger partial charge in [0.05, 0.1) is 13.0 Å². The molecule has 0 aromatic carbocycles. The van der Waals surface area contributed by atoms with E-state index in [2.05, 4.69) is 14.3 Å². The molecule has 0 saturated heterocycles. The maximum atomic E-state index is 10.9. The maximum Gasteiger partial charge on any atom is 0.402 e. The summed E-state index contributed by atoms with van der Waals surface area (Å²) in [4.78, 5) is 19.7.